The molecule has 0 saturated heterocycles. The number of methoxy groups -OCH3 is 1. The van der Waals surface area contributed by atoms with Crippen LogP contribution >= 0.6 is 0 Å². The Morgan fingerprint density at radius 1 is 1.14 bits per heavy atom. The lowest BCUT2D eigenvalue weighted by atomic mass is 9.47. The maximum Gasteiger partial charge on any atom is 0.137 e. The molecule has 4 aliphatic rings. The van der Waals surface area contributed by atoms with E-state index in [1.807, 2.05) is 6.20 Å². The number of hydrogen-bond donors (Lipinski definition) is 1. The molecule has 3 heteroatoms. The van der Waals surface area contributed by atoms with E-state index in [1.54, 1.807) is 13.3 Å². The molecule has 0 aromatic carbocycles. The van der Waals surface area contributed by atoms with Crippen LogP contribution in [0.15, 0.2) is 18.5 Å². The van der Waals surface area contributed by atoms with Crippen molar-refractivity contribution in [3.63, 3.8) is 0 Å². The fourth-order valence-corrected chi connectivity index (χ4v) is 6.06. The summed E-state index contributed by atoms with van der Waals surface area (Å²) in [5.74, 6) is 3.81. The first-order valence-electron chi connectivity index (χ1n) is 8.38. The van der Waals surface area contributed by atoms with Gasteiger partial charge in [0.2, 0.25) is 0 Å². The average Bonchev–Trinajstić information content (AvgIpc) is 2.46. The highest BCUT2D eigenvalue weighted by Gasteiger charge is 2.54. The van der Waals surface area contributed by atoms with Crippen LogP contribution in [-0.4, -0.2) is 19.1 Å². The first-order valence-corrected chi connectivity index (χ1v) is 8.38. The van der Waals surface area contributed by atoms with Crippen molar-refractivity contribution < 1.29 is 4.74 Å². The molecule has 0 aliphatic heterocycles. The van der Waals surface area contributed by atoms with E-state index in [2.05, 4.69) is 23.4 Å². The van der Waals surface area contributed by atoms with Gasteiger partial charge in [0.05, 0.1) is 13.3 Å². The Balaban J connectivity index is 1.69. The number of pyridine rings is 1. The zero-order valence-corrected chi connectivity index (χ0v) is 13.1. The Morgan fingerprint density at radius 3 is 2.29 bits per heavy atom. The lowest BCUT2D eigenvalue weighted by molar-refractivity contribution is -0.0736. The van der Waals surface area contributed by atoms with Crippen molar-refractivity contribution in [2.24, 2.45) is 23.2 Å². The SMILES string of the molecule is CNC(c1cncc(OC)c1)C12CC3CC(CC(C3)C1)C2. The predicted molar refractivity (Wildman–Crippen MR) is 83.2 cm³/mol. The maximum absolute atomic E-state index is 5.38. The molecule has 0 radical (unpaired) electrons. The zero-order chi connectivity index (χ0) is 14.4. The molecule has 1 aromatic rings. The summed E-state index contributed by atoms with van der Waals surface area (Å²) in [7, 11) is 3.84. The molecule has 114 valence electrons. The number of nitrogens with zero attached hydrogens (tertiary/aromatic N) is 1. The zero-order valence-electron chi connectivity index (χ0n) is 13.1. The predicted octanol–water partition coefficient (Wildman–Crippen LogP) is 3.57. The molecule has 0 spiro atoms. The van der Waals surface area contributed by atoms with Crippen LogP contribution in [-0.2, 0) is 0 Å². The van der Waals surface area contributed by atoms with Gasteiger partial charge in [-0.05, 0) is 80.4 Å². The summed E-state index contributed by atoms with van der Waals surface area (Å²) in [6.07, 6.45) is 12.5. The summed E-state index contributed by atoms with van der Waals surface area (Å²) >= 11 is 0. The average molecular weight is 286 g/mol. The number of ether oxygens (including phenoxy) is 1. The summed E-state index contributed by atoms with van der Waals surface area (Å²) in [6, 6.07) is 2.60. The van der Waals surface area contributed by atoms with E-state index in [9.17, 15) is 0 Å². The molecule has 1 atom stereocenters. The van der Waals surface area contributed by atoms with E-state index in [4.69, 9.17) is 4.74 Å². The van der Waals surface area contributed by atoms with Gasteiger partial charge in [-0.25, -0.2) is 0 Å². The van der Waals surface area contributed by atoms with Gasteiger partial charge in [-0.2, -0.15) is 0 Å². The summed E-state index contributed by atoms with van der Waals surface area (Å²) < 4.78 is 5.38. The topological polar surface area (TPSA) is 34.2 Å². The highest BCUT2D eigenvalue weighted by molar-refractivity contribution is 5.28. The van der Waals surface area contributed by atoms with E-state index in [1.165, 1.54) is 44.1 Å². The van der Waals surface area contributed by atoms with Gasteiger partial charge in [0.15, 0.2) is 0 Å². The van der Waals surface area contributed by atoms with Crippen LogP contribution in [0.3, 0.4) is 0 Å². The second-order valence-electron chi connectivity index (χ2n) is 7.66. The second kappa shape index (κ2) is 4.98. The Morgan fingerprint density at radius 2 is 1.76 bits per heavy atom. The van der Waals surface area contributed by atoms with E-state index < -0.39 is 0 Å². The van der Waals surface area contributed by atoms with Crippen LogP contribution in [0.4, 0.5) is 0 Å². The number of aromatic nitrogens is 1. The smallest absolute Gasteiger partial charge is 0.137 e. The third kappa shape index (κ3) is 2.17. The molecule has 1 N–H and O–H groups in total. The van der Waals surface area contributed by atoms with Gasteiger partial charge in [-0.3, -0.25) is 4.98 Å². The summed E-state index contributed by atoms with van der Waals surface area (Å²) in [5, 5.41) is 3.63. The molecule has 0 amide bonds. The van der Waals surface area contributed by atoms with Gasteiger partial charge in [0.25, 0.3) is 0 Å². The Labute approximate surface area is 127 Å². The Hall–Kier alpha value is -1.09. The largest absolute Gasteiger partial charge is 0.495 e. The molecule has 1 unspecified atom stereocenters. The molecule has 21 heavy (non-hydrogen) atoms. The highest BCUT2D eigenvalue weighted by Crippen LogP contribution is 2.63. The minimum atomic E-state index is 0.425. The van der Waals surface area contributed by atoms with Gasteiger partial charge in [0, 0.05) is 12.2 Å². The van der Waals surface area contributed by atoms with Gasteiger partial charge < -0.3 is 10.1 Å². The molecular weight excluding hydrogens is 260 g/mol. The summed E-state index contributed by atoms with van der Waals surface area (Å²) in [5.41, 5.74) is 1.76. The van der Waals surface area contributed by atoms with E-state index in [-0.39, 0.29) is 0 Å². The molecule has 4 saturated carbocycles. The Bertz CT molecular complexity index is 492. The van der Waals surface area contributed by atoms with Crippen molar-refractivity contribution in [3.8, 4) is 5.75 Å². The molecule has 4 bridgehead atoms. The molecule has 1 heterocycles. The maximum atomic E-state index is 5.38. The van der Waals surface area contributed by atoms with Crippen LogP contribution in [0.5, 0.6) is 5.75 Å². The lowest BCUT2D eigenvalue weighted by Gasteiger charge is -2.59. The summed E-state index contributed by atoms with van der Waals surface area (Å²) in [4.78, 5) is 4.39. The Kier molecular flexibility index (Phi) is 3.21. The van der Waals surface area contributed by atoms with Crippen LogP contribution in [0.2, 0.25) is 0 Å². The van der Waals surface area contributed by atoms with Crippen molar-refractivity contribution in [3.05, 3.63) is 24.0 Å². The first-order chi connectivity index (χ1) is 10.2. The number of rotatable bonds is 4. The third-order valence-electron chi connectivity index (χ3n) is 6.29. The minimum Gasteiger partial charge on any atom is -0.495 e. The first kappa shape index (κ1) is 13.6. The second-order valence-corrected chi connectivity index (χ2v) is 7.66. The standard InChI is InChI=1S/C18H26N2O/c1-19-17(15-6-16(21-2)11-20-10-15)18-7-12-3-13(8-18)5-14(4-12)9-18/h6,10-14,17,19H,3-5,7-9H2,1-2H3. The van der Waals surface area contributed by atoms with Crippen LogP contribution in [0.1, 0.15) is 50.1 Å². The van der Waals surface area contributed by atoms with Crippen molar-refractivity contribution in [2.45, 2.75) is 44.6 Å². The summed E-state index contributed by atoms with van der Waals surface area (Å²) in [6.45, 7) is 0. The number of nitrogens with one attached hydrogen (secondary N) is 1. The van der Waals surface area contributed by atoms with E-state index in [0.717, 1.165) is 23.5 Å². The molecule has 4 fully saturated rings. The number of hydrogen-bond acceptors (Lipinski definition) is 3. The van der Waals surface area contributed by atoms with Crippen molar-refractivity contribution in [2.75, 3.05) is 14.2 Å². The van der Waals surface area contributed by atoms with Gasteiger partial charge in [0.1, 0.15) is 5.75 Å². The molecule has 4 aliphatic carbocycles. The van der Waals surface area contributed by atoms with Crippen LogP contribution in [0, 0.1) is 23.2 Å². The van der Waals surface area contributed by atoms with E-state index in [0.29, 0.717) is 11.5 Å². The quantitative estimate of drug-likeness (QED) is 0.919. The monoisotopic (exact) mass is 286 g/mol. The van der Waals surface area contributed by atoms with Gasteiger partial charge >= 0.3 is 0 Å². The van der Waals surface area contributed by atoms with Crippen LogP contribution < -0.4 is 10.1 Å². The third-order valence-corrected chi connectivity index (χ3v) is 6.29. The molecule has 5 rings (SSSR count). The molecular formula is C18H26N2O. The molecule has 3 nitrogen and oxygen atoms in total. The van der Waals surface area contributed by atoms with Gasteiger partial charge in [-0.15, -0.1) is 0 Å². The van der Waals surface area contributed by atoms with Crippen LogP contribution in [0.25, 0.3) is 0 Å². The minimum absolute atomic E-state index is 0.425. The molecule has 1 aromatic heterocycles. The van der Waals surface area contributed by atoms with E-state index >= 15 is 0 Å². The fraction of sp³-hybridized carbons (Fsp3) is 0.722. The van der Waals surface area contributed by atoms with Crippen molar-refractivity contribution in [1.29, 1.82) is 0 Å². The lowest BCUT2D eigenvalue weighted by Crippen LogP contribution is -2.51. The fourth-order valence-electron chi connectivity index (χ4n) is 6.06. The highest BCUT2D eigenvalue weighted by atomic mass is 16.5. The van der Waals surface area contributed by atoms with Gasteiger partial charge in [-0.1, -0.05) is 0 Å². The van der Waals surface area contributed by atoms with Crippen molar-refractivity contribution in [1.82, 2.24) is 10.3 Å². The normalized spacial score (nSPS) is 38.5. The van der Waals surface area contributed by atoms with Crippen molar-refractivity contribution >= 4 is 0 Å².